The quantitative estimate of drug-likeness (QED) is 0.298. The van der Waals surface area contributed by atoms with E-state index in [0.717, 1.165) is 51.5 Å². The number of thiazole rings is 1. The van der Waals surface area contributed by atoms with Crippen LogP contribution in [0.5, 0.6) is 0 Å². The molecule has 0 saturated heterocycles. The molecule has 0 aliphatic rings. The topological polar surface area (TPSA) is 52.5 Å². The van der Waals surface area contributed by atoms with Crippen LogP contribution in [-0.2, 0) is 12.8 Å². The molecule has 0 fully saturated rings. The molecule has 0 aliphatic carbocycles. The number of hydrogen-bond donors (Lipinski definition) is 2. The smallest absolute Gasteiger partial charge is 0.191 e. The standard InChI is InChI=1S/C17H33N5S.HI/c1-5-8-12-22(4)13-11-20-17(18-7-3)19-10-9-16-21-14-15(6-2)23-16;/h14H,5-13H2,1-4H3,(H2,18,19,20);1H. The average Bonchev–Trinajstić information content (AvgIpc) is 3.01. The highest BCUT2D eigenvalue weighted by atomic mass is 127. The minimum absolute atomic E-state index is 0. The van der Waals surface area contributed by atoms with Gasteiger partial charge in [0, 0.05) is 37.1 Å². The van der Waals surface area contributed by atoms with Gasteiger partial charge in [0.2, 0.25) is 0 Å². The molecule has 5 nitrogen and oxygen atoms in total. The molecule has 1 aromatic rings. The van der Waals surface area contributed by atoms with Crippen LogP contribution in [0.4, 0.5) is 0 Å². The van der Waals surface area contributed by atoms with Crippen LogP contribution in [0.2, 0.25) is 0 Å². The van der Waals surface area contributed by atoms with Crippen LogP contribution in [-0.4, -0.2) is 55.6 Å². The zero-order valence-electron chi connectivity index (χ0n) is 15.6. The molecular weight excluding hydrogens is 433 g/mol. The molecule has 1 heterocycles. The monoisotopic (exact) mass is 467 g/mol. The largest absolute Gasteiger partial charge is 0.357 e. The van der Waals surface area contributed by atoms with E-state index in [0.29, 0.717) is 0 Å². The first-order chi connectivity index (χ1) is 11.2. The van der Waals surface area contributed by atoms with Crippen molar-refractivity contribution in [1.82, 2.24) is 20.5 Å². The Bertz CT molecular complexity index is 450. The molecule has 0 spiro atoms. The number of aromatic nitrogens is 1. The fourth-order valence-corrected chi connectivity index (χ4v) is 2.99. The minimum atomic E-state index is 0. The first-order valence-corrected chi connectivity index (χ1v) is 9.65. The summed E-state index contributed by atoms with van der Waals surface area (Å²) in [6, 6.07) is 0. The highest BCUT2D eigenvalue weighted by Crippen LogP contribution is 2.13. The summed E-state index contributed by atoms with van der Waals surface area (Å²) in [5, 5.41) is 7.90. The molecule has 0 saturated carbocycles. The summed E-state index contributed by atoms with van der Waals surface area (Å²) < 4.78 is 0. The zero-order valence-corrected chi connectivity index (χ0v) is 18.7. The second-order valence-corrected chi connectivity index (χ2v) is 6.87. The molecule has 1 rings (SSSR count). The van der Waals surface area contributed by atoms with Gasteiger partial charge in [0.25, 0.3) is 0 Å². The lowest BCUT2D eigenvalue weighted by atomic mass is 10.3. The molecular formula is C17H34IN5S. The van der Waals surface area contributed by atoms with Gasteiger partial charge in [-0.3, -0.25) is 4.99 Å². The van der Waals surface area contributed by atoms with Gasteiger partial charge >= 0.3 is 0 Å². The van der Waals surface area contributed by atoms with Crippen LogP contribution in [0, 0.1) is 0 Å². The average molecular weight is 467 g/mol. The SMILES string of the molecule is CCCCN(C)CCN=C(NCC)NCCc1ncc(CC)s1.I. The first-order valence-electron chi connectivity index (χ1n) is 8.83. The lowest BCUT2D eigenvalue weighted by Crippen LogP contribution is -2.39. The maximum Gasteiger partial charge on any atom is 0.191 e. The molecule has 0 bridgehead atoms. The third kappa shape index (κ3) is 10.5. The van der Waals surface area contributed by atoms with Gasteiger partial charge in [-0.2, -0.15) is 0 Å². The number of rotatable bonds is 11. The maximum atomic E-state index is 4.65. The highest BCUT2D eigenvalue weighted by molar-refractivity contribution is 14.0. The molecule has 24 heavy (non-hydrogen) atoms. The Labute approximate surface area is 168 Å². The number of aliphatic imine (C=N–C) groups is 1. The summed E-state index contributed by atoms with van der Waals surface area (Å²) in [7, 11) is 2.17. The van der Waals surface area contributed by atoms with Crippen molar-refractivity contribution >= 4 is 41.3 Å². The lowest BCUT2D eigenvalue weighted by molar-refractivity contribution is 0.337. The van der Waals surface area contributed by atoms with Crippen molar-refractivity contribution < 1.29 is 0 Å². The van der Waals surface area contributed by atoms with E-state index in [9.17, 15) is 0 Å². The van der Waals surface area contributed by atoms with Crippen molar-refractivity contribution in [1.29, 1.82) is 0 Å². The van der Waals surface area contributed by atoms with E-state index in [1.54, 1.807) is 0 Å². The number of unbranched alkanes of at least 4 members (excludes halogenated alkanes) is 1. The van der Waals surface area contributed by atoms with Crippen LogP contribution in [0.1, 0.15) is 43.5 Å². The Kier molecular flexibility index (Phi) is 14.6. The molecule has 1 aromatic heterocycles. The second kappa shape index (κ2) is 14.9. The predicted molar refractivity (Wildman–Crippen MR) is 117 cm³/mol. The van der Waals surface area contributed by atoms with Crippen molar-refractivity contribution in [3.8, 4) is 0 Å². The lowest BCUT2D eigenvalue weighted by Gasteiger charge is -2.15. The Morgan fingerprint density at radius 2 is 2.04 bits per heavy atom. The van der Waals surface area contributed by atoms with Gasteiger partial charge in [-0.05, 0) is 33.4 Å². The number of hydrogen-bond acceptors (Lipinski definition) is 4. The molecule has 7 heteroatoms. The predicted octanol–water partition coefficient (Wildman–Crippen LogP) is 3.15. The summed E-state index contributed by atoms with van der Waals surface area (Å²) in [6.07, 6.45) is 6.51. The number of nitrogens with zero attached hydrogens (tertiary/aromatic N) is 3. The molecule has 0 radical (unpaired) electrons. The van der Waals surface area contributed by atoms with Gasteiger partial charge in [0.1, 0.15) is 0 Å². The van der Waals surface area contributed by atoms with Gasteiger partial charge in [-0.15, -0.1) is 35.3 Å². The summed E-state index contributed by atoms with van der Waals surface area (Å²) in [4.78, 5) is 12.8. The van der Waals surface area contributed by atoms with Crippen molar-refractivity contribution in [2.45, 2.75) is 46.5 Å². The normalized spacial score (nSPS) is 11.5. The third-order valence-corrected chi connectivity index (χ3v) is 4.77. The summed E-state index contributed by atoms with van der Waals surface area (Å²) in [6.45, 7) is 11.2. The Hall–Kier alpha value is -0.410. The maximum absolute atomic E-state index is 4.65. The van der Waals surface area contributed by atoms with Crippen molar-refractivity contribution in [2.75, 3.05) is 39.8 Å². The summed E-state index contributed by atoms with van der Waals surface area (Å²) in [5.41, 5.74) is 0. The molecule has 0 atom stereocenters. The Morgan fingerprint density at radius 3 is 2.67 bits per heavy atom. The van der Waals surface area contributed by atoms with Gasteiger partial charge in [-0.1, -0.05) is 20.3 Å². The molecule has 140 valence electrons. The summed E-state index contributed by atoms with van der Waals surface area (Å²) >= 11 is 1.81. The first kappa shape index (κ1) is 23.6. The molecule has 2 N–H and O–H groups in total. The van der Waals surface area contributed by atoms with Crippen LogP contribution >= 0.6 is 35.3 Å². The number of nitrogens with one attached hydrogen (secondary N) is 2. The van der Waals surface area contributed by atoms with Gasteiger partial charge < -0.3 is 15.5 Å². The summed E-state index contributed by atoms with van der Waals surface area (Å²) in [5.74, 6) is 0.906. The van der Waals surface area contributed by atoms with Gasteiger partial charge in [0.05, 0.1) is 11.6 Å². The van der Waals surface area contributed by atoms with Gasteiger partial charge in [0.15, 0.2) is 5.96 Å². The molecule has 0 aliphatic heterocycles. The van der Waals surface area contributed by atoms with Crippen LogP contribution in [0.25, 0.3) is 0 Å². The second-order valence-electron chi connectivity index (χ2n) is 5.67. The zero-order chi connectivity index (χ0) is 16.9. The number of aryl methyl sites for hydroxylation is 1. The van der Waals surface area contributed by atoms with Crippen molar-refractivity contribution in [3.05, 3.63) is 16.1 Å². The third-order valence-electron chi connectivity index (χ3n) is 3.57. The molecule has 0 aromatic carbocycles. The van der Waals surface area contributed by atoms with E-state index in [4.69, 9.17) is 0 Å². The Morgan fingerprint density at radius 1 is 1.25 bits per heavy atom. The molecule has 0 unspecified atom stereocenters. The van der Waals surface area contributed by atoms with Crippen molar-refractivity contribution in [3.63, 3.8) is 0 Å². The number of likely N-dealkylation sites (N-methyl/N-ethyl adjacent to an activating group) is 1. The van der Waals surface area contributed by atoms with E-state index < -0.39 is 0 Å². The minimum Gasteiger partial charge on any atom is -0.357 e. The number of guanidine groups is 1. The highest BCUT2D eigenvalue weighted by Gasteiger charge is 2.02. The van der Waals surface area contributed by atoms with Crippen LogP contribution in [0.15, 0.2) is 11.2 Å². The number of halogens is 1. The Balaban J connectivity index is 0.00000529. The fraction of sp³-hybridized carbons (Fsp3) is 0.765. The fourth-order valence-electron chi connectivity index (χ4n) is 2.13. The van der Waals surface area contributed by atoms with E-state index in [1.807, 2.05) is 17.5 Å². The van der Waals surface area contributed by atoms with E-state index in [-0.39, 0.29) is 24.0 Å². The van der Waals surface area contributed by atoms with Gasteiger partial charge in [-0.25, -0.2) is 4.98 Å². The van der Waals surface area contributed by atoms with E-state index in [1.165, 1.54) is 22.7 Å². The van der Waals surface area contributed by atoms with E-state index >= 15 is 0 Å². The molecule has 0 amide bonds. The van der Waals surface area contributed by atoms with Crippen LogP contribution in [0.3, 0.4) is 0 Å². The van der Waals surface area contributed by atoms with Crippen LogP contribution < -0.4 is 10.6 Å². The van der Waals surface area contributed by atoms with E-state index in [2.05, 4.69) is 53.3 Å². The van der Waals surface area contributed by atoms with Crippen molar-refractivity contribution in [2.24, 2.45) is 4.99 Å².